The molecule has 146 valence electrons. The summed E-state index contributed by atoms with van der Waals surface area (Å²) < 4.78 is 28.1. The summed E-state index contributed by atoms with van der Waals surface area (Å²) in [4.78, 5) is 16.4. The molecule has 1 saturated heterocycles. The van der Waals surface area contributed by atoms with Gasteiger partial charge in [0.2, 0.25) is 5.91 Å². The van der Waals surface area contributed by atoms with E-state index in [1.165, 1.54) is 15.6 Å². The average Bonchev–Trinajstić information content (AvgIpc) is 3.13. The summed E-state index contributed by atoms with van der Waals surface area (Å²) in [7, 11) is -3.44. The van der Waals surface area contributed by atoms with E-state index in [0.29, 0.717) is 36.7 Å². The van der Waals surface area contributed by atoms with Crippen LogP contribution >= 0.6 is 27.3 Å². The molecule has 1 amide bonds. The van der Waals surface area contributed by atoms with E-state index in [1.54, 1.807) is 24.5 Å². The van der Waals surface area contributed by atoms with Crippen LogP contribution in [-0.4, -0.2) is 36.7 Å². The third-order valence-electron chi connectivity index (χ3n) is 4.98. The first-order valence-corrected chi connectivity index (χ1v) is 11.8. The maximum absolute atomic E-state index is 12.7. The topological polar surface area (TPSA) is 79.4 Å². The Morgan fingerprint density at radius 1 is 1.30 bits per heavy atom. The summed E-state index contributed by atoms with van der Waals surface area (Å²) in [6, 6.07) is 7.12. The second-order valence-corrected chi connectivity index (χ2v) is 11.3. The molecule has 0 radical (unpaired) electrons. The number of rotatable bonds is 6. The summed E-state index contributed by atoms with van der Waals surface area (Å²) >= 11 is 4.54. The lowest BCUT2D eigenvalue weighted by Crippen LogP contribution is -2.42. The number of pyridine rings is 1. The highest BCUT2D eigenvalue weighted by molar-refractivity contribution is 9.11. The van der Waals surface area contributed by atoms with E-state index in [-0.39, 0.29) is 17.7 Å². The molecule has 0 saturated carbocycles. The number of amides is 1. The van der Waals surface area contributed by atoms with Crippen molar-refractivity contribution in [1.29, 1.82) is 0 Å². The van der Waals surface area contributed by atoms with Crippen molar-refractivity contribution < 1.29 is 13.2 Å². The molecule has 6 nitrogen and oxygen atoms in total. The van der Waals surface area contributed by atoms with E-state index in [0.717, 1.165) is 9.35 Å². The zero-order valence-corrected chi connectivity index (χ0v) is 18.2. The molecule has 27 heavy (non-hydrogen) atoms. The highest BCUT2D eigenvalue weighted by Gasteiger charge is 2.33. The van der Waals surface area contributed by atoms with E-state index >= 15 is 0 Å². The Labute approximate surface area is 172 Å². The number of thiophene rings is 1. The summed E-state index contributed by atoms with van der Waals surface area (Å²) in [5.41, 5.74) is 1.01. The van der Waals surface area contributed by atoms with Gasteiger partial charge in [-0.2, -0.15) is 4.31 Å². The smallest absolute Gasteiger partial charge is 0.252 e. The van der Waals surface area contributed by atoms with Crippen molar-refractivity contribution in [1.82, 2.24) is 14.6 Å². The standard InChI is InChI=1S/C18H22BrN3O3S2/c1-13(18(23)21-12-14-4-8-20-9-5-14)15-6-10-22(11-7-15)27(24,25)17-3-2-16(19)26-17/h2-5,8-9,13,15H,6-7,10-12H2,1H3,(H,21,23)/t13-/m1/s1. The summed E-state index contributed by atoms with van der Waals surface area (Å²) in [6.45, 7) is 3.30. The number of carbonyl (C=O) groups excluding carboxylic acids is 1. The van der Waals surface area contributed by atoms with Gasteiger partial charge < -0.3 is 5.32 Å². The Morgan fingerprint density at radius 2 is 1.96 bits per heavy atom. The van der Waals surface area contributed by atoms with Crippen molar-refractivity contribution >= 4 is 43.2 Å². The molecule has 3 rings (SSSR count). The lowest BCUT2D eigenvalue weighted by Gasteiger charge is -2.33. The predicted octanol–water partition coefficient (Wildman–Crippen LogP) is 3.26. The van der Waals surface area contributed by atoms with Gasteiger partial charge >= 0.3 is 0 Å². The van der Waals surface area contributed by atoms with Gasteiger partial charge in [0.05, 0.1) is 3.79 Å². The first-order chi connectivity index (χ1) is 12.9. The fourth-order valence-corrected chi connectivity index (χ4v) is 6.88. The van der Waals surface area contributed by atoms with E-state index < -0.39 is 10.0 Å². The van der Waals surface area contributed by atoms with E-state index in [9.17, 15) is 13.2 Å². The van der Waals surface area contributed by atoms with Crippen LogP contribution < -0.4 is 5.32 Å². The molecule has 0 aromatic carbocycles. The van der Waals surface area contributed by atoms with Crippen LogP contribution in [0.1, 0.15) is 25.3 Å². The molecule has 0 unspecified atom stereocenters. The largest absolute Gasteiger partial charge is 0.352 e. The van der Waals surface area contributed by atoms with E-state index in [4.69, 9.17) is 0 Å². The van der Waals surface area contributed by atoms with Crippen LogP contribution in [0.5, 0.6) is 0 Å². The van der Waals surface area contributed by atoms with Crippen LogP contribution in [0.3, 0.4) is 0 Å². The molecule has 0 aliphatic carbocycles. The molecule has 1 atom stereocenters. The molecule has 0 spiro atoms. The molecule has 3 heterocycles. The fourth-order valence-electron chi connectivity index (χ4n) is 3.24. The van der Waals surface area contributed by atoms with Crippen LogP contribution in [0, 0.1) is 11.8 Å². The highest BCUT2D eigenvalue weighted by Crippen LogP contribution is 2.32. The summed E-state index contributed by atoms with van der Waals surface area (Å²) in [6.07, 6.45) is 4.78. The Bertz CT molecular complexity index is 878. The van der Waals surface area contributed by atoms with Gasteiger partial charge in [-0.1, -0.05) is 6.92 Å². The van der Waals surface area contributed by atoms with E-state index in [1.807, 2.05) is 19.1 Å². The van der Waals surface area contributed by atoms with Crippen LogP contribution in [0.2, 0.25) is 0 Å². The summed E-state index contributed by atoms with van der Waals surface area (Å²) in [5.74, 6) is 0.0480. The first kappa shape index (κ1) is 20.4. The Kier molecular flexibility index (Phi) is 6.67. The fraction of sp³-hybridized carbons (Fsp3) is 0.444. The van der Waals surface area contributed by atoms with Crippen molar-refractivity contribution in [3.05, 3.63) is 46.0 Å². The van der Waals surface area contributed by atoms with Crippen molar-refractivity contribution in [2.24, 2.45) is 11.8 Å². The van der Waals surface area contributed by atoms with E-state index in [2.05, 4.69) is 26.2 Å². The number of nitrogens with zero attached hydrogens (tertiary/aromatic N) is 2. The minimum Gasteiger partial charge on any atom is -0.352 e. The number of nitrogens with one attached hydrogen (secondary N) is 1. The van der Waals surface area contributed by atoms with Crippen LogP contribution in [0.15, 0.2) is 44.7 Å². The minimum absolute atomic E-state index is 0.00954. The Balaban J connectivity index is 1.53. The number of carbonyl (C=O) groups is 1. The number of sulfonamides is 1. The predicted molar refractivity (Wildman–Crippen MR) is 109 cm³/mol. The van der Waals surface area contributed by atoms with Crippen LogP contribution in [-0.2, 0) is 21.4 Å². The van der Waals surface area contributed by atoms with Gasteiger partial charge in [0, 0.05) is 37.9 Å². The molecule has 1 fully saturated rings. The van der Waals surface area contributed by atoms with Crippen molar-refractivity contribution in [2.75, 3.05) is 13.1 Å². The van der Waals surface area contributed by atoms with Crippen LogP contribution in [0.4, 0.5) is 0 Å². The van der Waals surface area contributed by atoms with Gasteiger partial charge in [-0.15, -0.1) is 11.3 Å². The average molecular weight is 472 g/mol. The van der Waals surface area contributed by atoms with Crippen LogP contribution in [0.25, 0.3) is 0 Å². The summed E-state index contributed by atoms with van der Waals surface area (Å²) in [5, 5.41) is 2.96. The molecule has 1 aliphatic rings. The van der Waals surface area contributed by atoms with Gasteiger partial charge in [-0.05, 0) is 64.5 Å². The zero-order valence-electron chi connectivity index (χ0n) is 15.0. The number of piperidine rings is 1. The molecule has 1 N–H and O–H groups in total. The third-order valence-corrected chi connectivity index (χ3v) is 8.97. The minimum atomic E-state index is -3.44. The van der Waals surface area contributed by atoms with Gasteiger partial charge in [0.15, 0.2) is 0 Å². The number of hydrogen-bond donors (Lipinski definition) is 1. The molecular formula is C18H22BrN3O3S2. The number of hydrogen-bond acceptors (Lipinski definition) is 5. The van der Waals surface area contributed by atoms with Gasteiger partial charge in [0.25, 0.3) is 10.0 Å². The molecule has 9 heteroatoms. The quantitative estimate of drug-likeness (QED) is 0.700. The van der Waals surface area contributed by atoms with Gasteiger partial charge in [0.1, 0.15) is 4.21 Å². The lowest BCUT2D eigenvalue weighted by molar-refractivity contribution is -0.126. The molecule has 2 aromatic heterocycles. The lowest BCUT2D eigenvalue weighted by atomic mass is 9.85. The third kappa shape index (κ3) is 4.96. The van der Waals surface area contributed by atoms with Crippen molar-refractivity contribution in [2.45, 2.75) is 30.5 Å². The van der Waals surface area contributed by atoms with Gasteiger partial charge in [-0.25, -0.2) is 8.42 Å². The molecule has 2 aromatic rings. The van der Waals surface area contributed by atoms with Crippen molar-refractivity contribution in [3.63, 3.8) is 0 Å². The second kappa shape index (κ2) is 8.81. The van der Waals surface area contributed by atoms with Crippen molar-refractivity contribution in [3.8, 4) is 0 Å². The molecule has 1 aliphatic heterocycles. The first-order valence-electron chi connectivity index (χ1n) is 8.80. The number of halogens is 1. The maximum atomic E-state index is 12.7. The maximum Gasteiger partial charge on any atom is 0.252 e. The monoisotopic (exact) mass is 471 g/mol. The highest BCUT2D eigenvalue weighted by atomic mass is 79.9. The van der Waals surface area contributed by atoms with Gasteiger partial charge in [-0.3, -0.25) is 9.78 Å². The zero-order chi connectivity index (χ0) is 19.4. The normalized spacial score (nSPS) is 17.6. The molecule has 0 bridgehead atoms. The SMILES string of the molecule is C[C@@H](C(=O)NCc1ccncc1)C1CCN(S(=O)(=O)c2ccc(Br)s2)CC1. The Morgan fingerprint density at radius 3 is 2.56 bits per heavy atom. The number of aromatic nitrogens is 1. The molecular weight excluding hydrogens is 450 g/mol. The second-order valence-electron chi connectivity index (χ2n) is 6.66. The Hall–Kier alpha value is -1.29.